The van der Waals surface area contributed by atoms with E-state index in [4.69, 9.17) is 23.2 Å². The van der Waals surface area contributed by atoms with Gasteiger partial charge in [-0.05, 0) is 54.6 Å². The van der Waals surface area contributed by atoms with Gasteiger partial charge in [-0.2, -0.15) is 13.2 Å². The van der Waals surface area contributed by atoms with Crippen LogP contribution in [-0.4, -0.2) is 16.8 Å². The third-order valence-electron chi connectivity index (χ3n) is 4.04. The van der Waals surface area contributed by atoms with E-state index in [-0.39, 0.29) is 25.5 Å². The highest BCUT2D eigenvalue weighted by Gasteiger charge is 2.34. The van der Waals surface area contributed by atoms with E-state index in [1.54, 1.807) is 0 Å². The van der Waals surface area contributed by atoms with E-state index >= 15 is 0 Å². The van der Waals surface area contributed by atoms with Crippen molar-refractivity contribution in [3.05, 3.63) is 82.3 Å². The third-order valence-corrected chi connectivity index (χ3v) is 7.22. The summed E-state index contributed by atoms with van der Waals surface area (Å²) >= 11 is 11.6. The molecule has 0 amide bonds. The molecule has 0 saturated carbocycles. The molecule has 0 bridgehead atoms. The molecule has 0 aliphatic heterocycles. The van der Waals surface area contributed by atoms with Gasteiger partial charge in [-0.25, -0.2) is 16.8 Å². The first-order valence-corrected chi connectivity index (χ1v) is 12.3. The summed E-state index contributed by atoms with van der Waals surface area (Å²) in [6.45, 7) is 0. The SMILES string of the molecule is O=S(=O)(Nc1ccc(S(=O)(=O)Nc2ccccc2C(F)(F)F)cc1)c1cc(Cl)cc(Cl)c1. The molecular formula is C19H13Cl2F3N2O4S2. The molecule has 13 heteroatoms. The van der Waals surface area contributed by atoms with Crippen LogP contribution in [-0.2, 0) is 26.2 Å². The molecule has 0 aromatic heterocycles. The quantitative estimate of drug-likeness (QED) is 0.438. The van der Waals surface area contributed by atoms with Crippen molar-refractivity contribution in [2.75, 3.05) is 9.44 Å². The number of hydrogen-bond acceptors (Lipinski definition) is 4. The first kappa shape index (κ1) is 24.2. The number of rotatable bonds is 6. The first-order valence-electron chi connectivity index (χ1n) is 8.56. The zero-order chi connectivity index (χ0) is 23.7. The van der Waals surface area contributed by atoms with E-state index in [2.05, 4.69) is 4.72 Å². The second kappa shape index (κ2) is 8.81. The van der Waals surface area contributed by atoms with Gasteiger partial charge in [0.2, 0.25) is 0 Å². The minimum Gasteiger partial charge on any atom is -0.280 e. The minimum atomic E-state index is -4.76. The van der Waals surface area contributed by atoms with Crippen molar-refractivity contribution in [1.29, 1.82) is 0 Å². The lowest BCUT2D eigenvalue weighted by atomic mass is 10.2. The number of nitrogens with one attached hydrogen (secondary N) is 2. The molecular weight excluding hydrogens is 512 g/mol. The molecule has 0 radical (unpaired) electrons. The predicted molar refractivity (Wildman–Crippen MR) is 116 cm³/mol. The van der Waals surface area contributed by atoms with Gasteiger partial charge in [0, 0.05) is 15.7 Å². The summed E-state index contributed by atoms with van der Waals surface area (Å²) in [6.07, 6.45) is -4.76. The lowest BCUT2D eigenvalue weighted by Crippen LogP contribution is -2.17. The van der Waals surface area contributed by atoms with Crippen LogP contribution in [0.2, 0.25) is 10.0 Å². The Hall–Kier alpha value is -2.47. The van der Waals surface area contributed by atoms with Crippen LogP contribution < -0.4 is 9.44 Å². The molecule has 0 spiro atoms. The minimum absolute atomic E-state index is 0.00994. The number of anilines is 2. The van der Waals surface area contributed by atoms with Crippen molar-refractivity contribution < 1.29 is 30.0 Å². The smallest absolute Gasteiger partial charge is 0.280 e. The lowest BCUT2D eigenvalue weighted by Gasteiger charge is -2.15. The van der Waals surface area contributed by atoms with Crippen LogP contribution in [0, 0.1) is 0 Å². The number of sulfonamides is 2. The maximum atomic E-state index is 13.1. The van der Waals surface area contributed by atoms with E-state index in [1.807, 2.05) is 4.72 Å². The van der Waals surface area contributed by atoms with Gasteiger partial charge < -0.3 is 0 Å². The zero-order valence-electron chi connectivity index (χ0n) is 15.7. The highest BCUT2D eigenvalue weighted by molar-refractivity contribution is 7.93. The van der Waals surface area contributed by atoms with Crippen molar-refractivity contribution in [2.45, 2.75) is 16.0 Å². The van der Waals surface area contributed by atoms with E-state index in [0.717, 1.165) is 42.5 Å². The van der Waals surface area contributed by atoms with Gasteiger partial charge in [0.15, 0.2) is 0 Å². The summed E-state index contributed by atoms with van der Waals surface area (Å²) in [5, 5.41) is 0.203. The molecule has 6 nitrogen and oxygen atoms in total. The highest BCUT2D eigenvalue weighted by atomic mass is 35.5. The number of benzene rings is 3. The summed E-state index contributed by atoms with van der Waals surface area (Å²) in [4.78, 5) is -0.583. The van der Waals surface area contributed by atoms with Gasteiger partial charge in [-0.15, -0.1) is 0 Å². The molecule has 0 aliphatic rings. The fraction of sp³-hybridized carbons (Fsp3) is 0.0526. The molecule has 0 fully saturated rings. The summed E-state index contributed by atoms with van der Waals surface area (Å²) in [7, 11) is -8.47. The number of halogens is 5. The first-order chi connectivity index (χ1) is 14.8. The van der Waals surface area contributed by atoms with Crippen molar-refractivity contribution in [1.82, 2.24) is 0 Å². The molecule has 2 N–H and O–H groups in total. The van der Waals surface area contributed by atoms with E-state index in [0.29, 0.717) is 0 Å². The Morgan fingerprint density at radius 2 is 1.22 bits per heavy atom. The molecule has 3 aromatic rings. The largest absolute Gasteiger partial charge is 0.418 e. The second-order valence-corrected chi connectivity index (χ2v) is 10.6. The van der Waals surface area contributed by atoms with E-state index in [9.17, 15) is 30.0 Å². The standard InChI is InChI=1S/C19H13Cl2F3N2O4S2/c20-12-9-13(21)11-16(10-12)32(29,30)25-14-5-7-15(8-6-14)31(27,28)26-18-4-2-1-3-17(18)19(22,23)24/h1-11,25-26H. The number of alkyl halides is 3. The zero-order valence-corrected chi connectivity index (χ0v) is 18.8. The molecule has 0 heterocycles. The summed E-state index contributed by atoms with van der Waals surface area (Å²) in [5.74, 6) is 0. The topological polar surface area (TPSA) is 92.3 Å². The van der Waals surface area contributed by atoms with Crippen molar-refractivity contribution in [3.63, 3.8) is 0 Å². The predicted octanol–water partition coefficient (Wildman–Crippen LogP) is 5.61. The normalized spacial score (nSPS) is 12.4. The highest BCUT2D eigenvalue weighted by Crippen LogP contribution is 2.35. The van der Waals surface area contributed by atoms with Crippen molar-refractivity contribution in [3.8, 4) is 0 Å². The Morgan fingerprint density at radius 1 is 0.688 bits per heavy atom. The molecule has 0 unspecified atom stereocenters. The van der Waals surface area contributed by atoms with Crippen molar-refractivity contribution in [2.24, 2.45) is 0 Å². The van der Waals surface area contributed by atoms with Gasteiger partial charge in [0.1, 0.15) is 0 Å². The van der Waals surface area contributed by atoms with Gasteiger partial charge in [-0.3, -0.25) is 9.44 Å². The maximum Gasteiger partial charge on any atom is 0.418 e. The number of para-hydroxylation sites is 1. The van der Waals surface area contributed by atoms with Crippen LogP contribution in [0.4, 0.5) is 24.5 Å². The Morgan fingerprint density at radius 3 is 1.78 bits per heavy atom. The summed E-state index contributed by atoms with van der Waals surface area (Å²) in [5.41, 5.74) is -1.77. The van der Waals surface area contributed by atoms with Crippen LogP contribution in [0.5, 0.6) is 0 Å². The van der Waals surface area contributed by atoms with Gasteiger partial charge in [0.25, 0.3) is 20.0 Å². The maximum absolute atomic E-state index is 13.1. The summed E-state index contributed by atoms with van der Waals surface area (Å²) < 4.78 is 93.5. The molecule has 0 aliphatic carbocycles. The Bertz CT molecular complexity index is 1340. The molecule has 3 aromatic carbocycles. The Balaban J connectivity index is 1.84. The third kappa shape index (κ3) is 5.66. The van der Waals surface area contributed by atoms with Crippen molar-refractivity contribution >= 4 is 54.6 Å². The average molecular weight is 525 g/mol. The van der Waals surface area contributed by atoms with E-state index < -0.39 is 37.5 Å². The Kier molecular flexibility index (Phi) is 6.66. The monoisotopic (exact) mass is 524 g/mol. The fourth-order valence-corrected chi connectivity index (χ4v) is 5.49. The second-order valence-electron chi connectivity index (χ2n) is 6.38. The van der Waals surface area contributed by atoms with Crippen LogP contribution in [0.25, 0.3) is 0 Å². The average Bonchev–Trinajstić information content (AvgIpc) is 2.66. The molecule has 170 valence electrons. The lowest BCUT2D eigenvalue weighted by molar-refractivity contribution is -0.136. The van der Waals surface area contributed by atoms with Gasteiger partial charge >= 0.3 is 6.18 Å². The van der Waals surface area contributed by atoms with Gasteiger partial charge in [-0.1, -0.05) is 35.3 Å². The fourth-order valence-electron chi connectivity index (χ4n) is 2.62. The molecule has 3 rings (SSSR count). The number of hydrogen-bond donors (Lipinski definition) is 2. The Labute approximate surface area is 192 Å². The van der Waals surface area contributed by atoms with E-state index in [1.165, 1.54) is 24.3 Å². The van der Waals surface area contributed by atoms with Gasteiger partial charge in [0.05, 0.1) is 21.0 Å². The molecule has 32 heavy (non-hydrogen) atoms. The van der Waals surface area contributed by atoms with Crippen LogP contribution in [0.15, 0.2) is 76.5 Å². The van der Waals surface area contributed by atoms with Crippen LogP contribution in [0.3, 0.4) is 0 Å². The molecule has 0 saturated heterocycles. The van der Waals surface area contributed by atoms with Crippen LogP contribution in [0.1, 0.15) is 5.56 Å². The summed E-state index contributed by atoms with van der Waals surface area (Å²) in [6, 6.07) is 12.2. The van der Waals surface area contributed by atoms with Crippen LogP contribution >= 0.6 is 23.2 Å². The molecule has 0 atom stereocenters.